The maximum absolute atomic E-state index is 13.5. The van der Waals surface area contributed by atoms with Crippen LogP contribution in [-0.4, -0.2) is 52.0 Å². The van der Waals surface area contributed by atoms with Gasteiger partial charge in [0.2, 0.25) is 0 Å². The number of benzene rings is 2. The van der Waals surface area contributed by atoms with E-state index in [0.29, 0.717) is 43.1 Å². The number of fused-ring (bicyclic) bond motifs is 1. The molecule has 7 heteroatoms. The number of amides is 1. The number of aryl methyl sites for hydroxylation is 2. The highest BCUT2D eigenvalue weighted by molar-refractivity contribution is 6.00. The first-order valence-electron chi connectivity index (χ1n) is 12.0. The van der Waals surface area contributed by atoms with E-state index in [1.807, 2.05) is 69.0 Å². The third-order valence-electron chi connectivity index (χ3n) is 6.12. The molecule has 0 saturated carbocycles. The molecule has 1 amide bonds. The quantitative estimate of drug-likeness (QED) is 0.306. The van der Waals surface area contributed by atoms with Crippen molar-refractivity contribution in [1.82, 2.24) is 15.1 Å². The lowest BCUT2D eigenvalue weighted by Crippen LogP contribution is -2.31. The molecule has 0 aliphatic carbocycles. The number of nitrogens with zero attached hydrogens (tertiary/aromatic N) is 2. The minimum atomic E-state index is -0.348. The molecule has 0 radical (unpaired) electrons. The fraction of sp³-hybridized carbons (Fsp3) is 0.357. The molecular formula is C28H33N3O4. The Bertz CT molecular complexity index is 1210. The van der Waals surface area contributed by atoms with Crippen LogP contribution in [0, 0.1) is 13.8 Å². The largest absolute Gasteiger partial charge is 0.507 e. The van der Waals surface area contributed by atoms with Crippen molar-refractivity contribution in [3.63, 3.8) is 0 Å². The van der Waals surface area contributed by atoms with Crippen molar-refractivity contribution in [2.24, 2.45) is 0 Å². The SMILES string of the molecule is C=CCOc1ccc(C2c3c(-c4cc(C)cc(C)c4O)n[nH]c3C(=O)N2CCCOC(C)C)cc1. The summed E-state index contributed by atoms with van der Waals surface area (Å²) < 4.78 is 11.4. The first-order chi connectivity index (χ1) is 16.8. The minimum absolute atomic E-state index is 0.107. The molecule has 0 spiro atoms. The van der Waals surface area contributed by atoms with Gasteiger partial charge in [0.25, 0.3) is 5.91 Å². The number of aromatic amines is 1. The predicted octanol–water partition coefficient (Wildman–Crippen LogP) is 5.32. The van der Waals surface area contributed by atoms with E-state index in [1.165, 1.54) is 0 Å². The summed E-state index contributed by atoms with van der Waals surface area (Å²) >= 11 is 0. The van der Waals surface area contributed by atoms with Crippen LogP contribution in [0.25, 0.3) is 11.3 Å². The van der Waals surface area contributed by atoms with Crippen LogP contribution in [0.15, 0.2) is 49.1 Å². The summed E-state index contributed by atoms with van der Waals surface area (Å²) in [4.78, 5) is 15.4. The normalized spacial score (nSPS) is 15.1. The van der Waals surface area contributed by atoms with Crippen molar-refractivity contribution in [3.05, 3.63) is 77.0 Å². The lowest BCUT2D eigenvalue weighted by molar-refractivity contribution is 0.0601. The standard InChI is InChI=1S/C28H33N3O4/c1-6-13-35-21-10-8-20(9-11-21)26-23-24(22-16-18(4)15-19(5)27(22)32)29-30-25(23)28(33)31(26)12-7-14-34-17(2)3/h6,8-11,15-17,26,32H,1,7,12-14H2,2-5H3,(H,29,30). The van der Waals surface area contributed by atoms with Crippen molar-refractivity contribution in [1.29, 1.82) is 0 Å². The summed E-state index contributed by atoms with van der Waals surface area (Å²) in [6.45, 7) is 13.1. The van der Waals surface area contributed by atoms with E-state index >= 15 is 0 Å². The first kappa shape index (κ1) is 24.5. The summed E-state index contributed by atoms with van der Waals surface area (Å²) in [5, 5.41) is 18.3. The van der Waals surface area contributed by atoms with Crippen molar-refractivity contribution < 1.29 is 19.4 Å². The highest BCUT2D eigenvalue weighted by Gasteiger charge is 2.42. The molecule has 2 N–H and O–H groups in total. The molecule has 1 aliphatic rings. The van der Waals surface area contributed by atoms with Gasteiger partial charge in [-0.2, -0.15) is 5.10 Å². The number of ether oxygens (including phenoxy) is 2. The second-order valence-electron chi connectivity index (χ2n) is 9.18. The monoisotopic (exact) mass is 475 g/mol. The van der Waals surface area contributed by atoms with Gasteiger partial charge in [0.1, 0.15) is 29.5 Å². The van der Waals surface area contributed by atoms with Gasteiger partial charge < -0.3 is 19.5 Å². The molecule has 1 atom stereocenters. The maximum Gasteiger partial charge on any atom is 0.273 e. The average molecular weight is 476 g/mol. The molecule has 0 fully saturated rings. The van der Waals surface area contributed by atoms with Crippen LogP contribution in [0.5, 0.6) is 11.5 Å². The van der Waals surface area contributed by atoms with E-state index in [2.05, 4.69) is 16.8 Å². The number of hydrogen-bond donors (Lipinski definition) is 2. The number of H-pyrrole nitrogens is 1. The molecular weight excluding hydrogens is 442 g/mol. The molecule has 0 bridgehead atoms. The summed E-state index contributed by atoms with van der Waals surface area (Å²) in [5.41, 5.74) is 5.17. The molecule has 184 valence electrons. The molecule has 1 aliphatic heterocycles. The Morgan fingerprint density at radius 2 is 1.97 bits per heavy atom. The number of phenols is 1. The van der Waals surface area contributed by atoms with Crippen LogP contribution in [0.4, 0.5) is 0 Å². The predicted molar refractivity (Wildman–Crippen MR) is 136 cm³/mol. The smallest absolute Gasteiger partial charge is 0.273 e. The Morgan fingerprint density at radius 1 is 1.23 bits per heavy atom. The third kappa shape index (κ3) is 4.95. The number of aromatic hydroxyl groups is 1. The average Bonchev–Trinajstić information content (AvgIpc) is 3.37. The number of aromatic nitrogens is 2. The van der Waals surface area contributed by atoms with Gasteiger partial charge in [-0.15, -0.1) is 0 Å². The molecule has 7 nitrogen and oxygen atoms in total. The number of carbonyl (C=O) groups excluding carboxylic acids is 1. The van der Waals surface area contributed by atoms with Gasteiger partial charge in [0, 0.05) is 24.3 Å². The van der Waals surface area contributed by atoms with Crippen molar-refractivity contribution in [2.45, 2.75) is 46.3 Å². The van der Waals surface area contributed by atoms with Gasteiger partial charge >= 0.3 is 0 Å². The van der Waals surface area contributed by atoms with Gasteiger partial charge in [0.05, 0.1) is 12.1 Å². The number of nitrogens with one attached hydrogen (secondary N) is 1. The summed E-state index contributed by atoms with van der Waals surface area (Å²) in [6, 6.07) is 11.2. The zero-order chi connectivity index (χ0) is 25.1. The van der Waals surface area contributed by atoms with Crippen LogP contribution in [0.2, 0.25) is 0 Å². The van der Waals surface area contributed by atoms with Crippen LogP contribution >= 0.6 is 0 Å². The Kier molecular flexibility index (Phi) is 7.26. The van der Waals surface area contributed by atoms with Gasteiger partial charge in [-0.3, -0.25) is 9.89 Å². The number of phenolic OH excluding ortho intramolecular Hbond substituents is 1. The lowest BCUT2D eigenvalue weighted by Gasteiger charge is -2.27. The van der Waals surface area contributed by atoms with E-state index in [9.17, 15) is 9.90 Å². The van der Waals surface area contributed by atoms with Crippen molar-refractivity contribution in [3.8, 4) is 22.8 Å². The lowest BCUT2D eigenvalue weighted by atomic mass is 9.94. The molecule has 2 heterocycles. The fourth-order valence-corrected chi connectivity index (χ4v) is 4.58. The van der Waals surface area contributed by atoms with Crippen molar-refractivity contribution in [2.75, 3.05) is 19.8 Å². The zero-order valence-corrected chi connectivity index (χ0v) is 20.8. The molecule has 1 aromatic heterocycles. The van der Waals surface area contributed by atoms with Gasteiger partial charge in [0.15, 0.2) is 0 Å². The Labute approximate surface area is 206 Å². The molecule has 35 heavy (non-hydrogen) atoms. The number of rotatable bonds is 10. The second kappa shape index (κ2) is 10.4. The maximum atomic E-state index is 13.5. The Hall–Kier alpha value is -3.58. The van der Waals surface area contributed by atoms with Gasteiger partial charge in [-0.05, 0) is 69.0 Å². The van der Waals surface area contributed by atoms with E-state index in [1.54, 1.807) is 6.08 Å². The second-order valence-corrected chi connectivity index (χ2v) is 9.18. The molecule has 4 rings (SSSR count). The summed E-state index contributed by atoms with van der Waals surface area (Å²) in [5.74, 6) is 0.798. The third-order valence-corrected chi connectivity index (χ3v) is 6.12. The van der Waals surface area contributed by atoms with E-state index in [4.69, 9.17) is 9.47 Å². The molecule has 0 saturated heterocycles. The van der Waals surface area contributed by atoms with E-state index in [0.717, 1.165) is 28.0 Å². The van der Waals surface area contributed by atoms with Crippen LogP contribution < -0.4 is 4.74 Å². The number of hydrogen-bond acceptors (Lipinski definition) is 5. The first-order valence-corrected chi connectivity index (χ1v) is 12.0. The summed E-state index contributed by atoms with van der Waals surface area (Å²) in [7, 11) is 0. The molecule has 2 aromatic carbocycles. The minimum Gasteiger partial charge on any atom is -0.507 e. The van der Waals surface area contributed by atoms with E-state index in [-0.39, 0.29) is 23.8 Å². The van der Waals surface area contributed by atoms with Crippen LogP contribution in [0.3, 0.4) is 0 Å². The van der Waals surface area contributed by atoms with Crippen LogP contribution in [0.1, 0.15) is 59.1 Å². The molecule has 1 unspecified atom stereocenters. The molecule has 3 aromatic rings. The zero-order valence-electron chi connectivity index (χ0n) is 20.8. The highest BCUT2D eigenvalue weighted by Crippen LogP contribution is 2.45. The Morgan fingerprint density at radius 3 is 2.66 bits per heavy atom. The topological polar surface area (TPSA) is 87.7 Å². The van der Waals surface area contributed by atoms with Crippen molar-refractivity contribution >= 4 is 5.91 Å². The van der Waals surface area contributed by atoms with Gasteiger partial charge in [-0.25, -0.2) is 0 Å². The number of carbonyl (C=O) groups is 1. The fourth-order valence-electron chi connectivity index (χ4n) is 4.58. The van der Waals surface area contributed by atoms with E-state index < -0.39 is 0 Å². The van der Waals surface area contributed by atoms with Gasteiger partial charge in [-0.1, -0.05) is 30.9 Å². The summed E-state index contributed by atoms with van der Waals surface area (Å²) in [6.07, 6.45) is 2.55. The highest BCUT2D eigenvalue weighted by atomic mass is 16.5. The van der Waals surface area contributed by atoms with Crippen LogP contribution in [-0.2, 0) is 4.74 Å². The Balaban J connectivity index is 1.76.